The number of anilines is 1. The van der Waals surface area contributed by atoms with Crippen molar-refractivity contribution in [2.75, 3.05) is 25.4 Å². The lowest BCUT2D eigenvalue weighted by Gasteiger charge is -2.20. The molecule has 0 spiro atoms. The van der Waals surface area contributed by atoms with Gasteiger partial charge in [-0.25, -0.2) is 22.9 Å². The lowest BCUT2D eigenvalue weighted by Crippen LogP contribution is -2.39. The van der Waals surface area contributed by atoms with Crippen LogP contribution in [-0.2, 0) is 35.9 Å². The largest absolute Gasteiger partial charge is 0.481 e. The number of benzene rings is 1. The smallest absolute Gasteiger partial charge is 0.433 e. The zero-order chi connectivity index (χ0) is 26.6. The van der Waals surface area contributed by atoms with Gasteiger partial charge in [-0.1, -0.05) is 12.1 Å². The van der Waals surface area contributed by atoms with E-state index in [1.54, 1.807) is 5.32 Å². The monoisotopic (exact) mass is 561 g/mol. The summed E-state index contributed by atoms with van der Waals surface area (Å²) in [7, 11) is -8.13. The van der Waals surface area contributed by atoms with E-state index in [0.717, 1.165) is 38.5 Å². The van der Waals surface area contributed by atoms with Crippen molar-refractivity contribution < 1.29 is 49.2 Å². The van der Waals surface area contributed by atoms with E-state index >= 15 is 0 Å². The van der Waals surface area contributed by atoms with Crippen molar-refractivity contribution in [1.82, 2.24) is 19.2 Å². The number of sulfonamides is 2. The molecule has 19 heteroatoms. The Balaban J connectivity index is 2.41. The number of nitrogens with one attached hydrogen (secondary N) is 2. The number of methoxy groups -OCH3 is 1. The molecule has 192 valence electrons. The highest BCUT2D eigenvalue weighted by molar-refractivity contribution is 7.93. The number of amides is 3. The summed E-state index contributed by atoms with van der Waals surface area (Å²) in [6.07, 6.45) is -4.95. The summed E-state index contributed by atoms with van der Waals surface area (Å²) < 4.78 is 95.9. The van der Waals surface area contributed by atoms with Gasteiger partial charge in [0.2, 0.25) is 11.8 Å². The van der Waals surface area contributed by atoms with E-state index in [-0.39, 0.29) is 4.47 Å². The van der Waals surface area contributed by atoms with Crippen molar-refractivity contribution >= 4 is 49.5 Å². The number of carbonyl (C=O) groups excluding carboxylic acids is 2. The molecule has 3 amide bonds. The molecule has 35 heavy (non-hydrogen) atoms. The second kappa shape index (κ2) is 10.6. The molecule has 1 aromatic carbocycles. The lowest BCUT2D eigenvalue weighted by molar-refractivity contribution is -0.149. The minimum atomic E-state index is -5.00. The first-order valence-electron chi connectivity index (χ1n) is 8.78. The first-order valence-corrected chi connectivity index (χ1v) is 12.2. The molecule has 2 aromatic rings. The van der Waals surface area contributed by atoms with Crippen LogP contribution in [0.4, 0.5) is 23.9 Å². The van der Waals surface area contributed by atoms with Crippen molar-refractivity contribution in [3.8, 4) is 5.88 Å². The van der Waals surface area contributed by atoms with E-state index in [1.165, 1.54) is 4.72 Å². The summed E-state index contributed by atoms with van der Waals surface area (Å²) >= 11 is 5.35. The average Bonchev–Trinajstić information content (AvgIpc) is 2.77. The number of alkyl halides is 4. The Kier molecular flexibility index (Phi) is 8.47. The van der Waals surface area contributed by atoms with Crippen LogP contribution in [0, 0.1) is 0 Å². The summed E-state index contributed by atoms with van der Waals surface area (Å²) in [6, 6.07) is 2.60. The summed E-state index contributed by atoms with van der Waals surface area (Å²) in [4.78, 5) is 33.1. The van der Waals surface area contributed by atoms with E-state index in [4.69, 9.17) is 11.6 Å². The highest BCUT2D eigenvalue weighted by atomic mass is 35.5. The van der Waals surface area contributed by atoms with E-state index in [9.17, 15) is 39.6 Å². The standard InChI is InChI=1S/C16H15ClF3N5O8S2/c1-32-12-7-11(16(18,19)20)21-14(22-12)23-15(27)24-34(28,29)9-5-3-4-6-10(9)35(30,31)25(33-2)13(26)8-17/h3-7H,8H2,1-2H3,(H2,21,22,23,24,27). The molecule has 0 unspecified atom stereocenters. The van der Waals surface area contributed by atoms with E-state index in [2.05, 4.69) is 19.5 Å². The molecular formula is C16H15ClF3N5O8S2. The summed E-state index contributed by atoms with van der Waals surface area (Å²) in [5.41, 5.74) is -1.50. The molecular weight excluding hydrogens is 547 g/mol. The van der Waals surface area contributed by atoms with Crippen LogP contribution >= 0.6 is 11.6 Å². The van der Waals surface area contributed by atoms with Gasteiger partial charge in [0, 0.05) is 6.07 Å². The van der Waals surface area contributed by atoms with Crippen LogP contribution in [0.3, 0.4) is 0 Å². The highest BCUT2D eigenvalue weighted by Gasteiger charge is 2.36. The second-order valence-electron chi connectivity index (χ2n) is 6.07. The van der Waals surface area contributed by atoms with Crippen LogP contribution in [0.2, 0.25) is 0 Å². The minimum absolute atomic E-state index is 0.156. The molecule has 13 nitrogen and oxygen atoms in total. The fraction of sp³-hybridized carbons (Fsp3) is 0.250. The van der Waals surface area contributed by atoms with Crippen molar-refractivity contribution in [2.45, 2.75) is 16.0 Å². The SMILES string of the molecule is COc1cc(C(F)(F)F)nc(NC(=O)NS(=O)(=O)c2ccccc2S(=O)(=O)N(OC)C(=O)CCl)n1. The van der Waals surface area contributed by atoms with Gasteiger partial charge in [-0.15, -0.1) is 16.1 Å². The second-order valence-corrected chi connectivity index (χ2v) is 9.71. The van der Waals surface area contributed by atoms with Crippen molar-refractivity contribution in [3.05, 3.63) is 36.0 Å². The number of carbonyl (C=O) groups is 2. The Labute approximate surface area is 201 Å². The number of hydrogen-bond donors (Lipinski definition) is 2. The lowest BCUT2D eigenvalue weighted by atomic mass is 10.4. The third-order valence-corrected chi connectivity index (χ3v) is 7.22. The van der Waals surface area contributed by atoms with Gasteiger partial charge in [0.25, 0.3) is 26.0 Å². The van der Waals surface area contributed by atoms with Gasteiger partial charge in [-0.3, -0.25) is 14.9 Å². The number of rotatable bonds is 8. The van der Waals surface area contributed by atoms with Crippen LogP contribution in [0.1, 0.15) is 5.69 Å². The van der Waals surface area contributed by atoms with Crippen LogP contribution < -0.4 is 14.8 Å². The zero-order valence-corrected chi connectivity index (χ0v) is 19.9. The number of halogens is 4. The van der Waals surface area contributed by atoms with Crippen LogP contribution in [0.15, 0.2) is 40.1 Å². The Morgan fingerprint density at radius 2 is 1.69 bits per heavy atom. The minimum Gasteiger partial charge on any atom is -0.481 e. The summed E-state index contributed by atoms with van der Waals surface area (Å²) in [5, 5.41) is 1.69. The highest BCUT2D eigenvalue weighted by Crippen LogP contribution is 2.30. The quantitative estimate of drug-likeness (QED) is 0.353. The predicted molar refractivity (Wildman–Crippen MR) is 111 cm³/mol. The molecule has 0 aliphatic carbocycles. The number of urea groups is 1. The van der Waals surface area contributed by atoms with E-state index < -0.39 is 71.4 Å². The van der Waals surface area contributed by atoms with Crippen LogP contribution in [0.5, 0.6) is 5.88 Å². The molecule has 2 N–H and O–H groups in total. The molecule has 0 fully saturated rings. The Hall–Kier alpha value is -3.22. The van der Waals surface area contributed by atoms with Gasteiger partial charge >= 0.3 is 12.2 Å². The topological polar surface area (TPSA) is 174 Å². The number of hydroxylamine groups is 1. The van der Waals surface area contributed by atoms with E-state index in [0.29, 0.717) is 6.07 Å². The van der Waals surface area contributed by atoms with Crippen molar-refractivity contribution in [3.63, 3.8) is 0 Å². The average molecular weight is 562 g/mol. The molecule has 1 aromatic heterocycles. The zero-order valence-electron chi connectivity index (χ0n) is 17.5. The maximum atomic E-state index is 13.0. The molecule has 0 aliphatic rings. The van der Waals surface area contributed by atoms with Gasteiger partial charge in [-0.2, -0.15) is 26.6 Å². The molecule has 0 atom stereocenters. The number of hydrogen-bond acceptors (Lipinski definition) is 10. The van der Waals surface area contributed by atoms with Crippen molar-refractivity contribution in [1.29, 1.82) is 0 Å². The fourth-order valence-corrected chi connectivity index (χ4v) is 5.49. The Morgan fingerprint density at radius 1 is 1.09 bits per heavy atom. The maximum absolute atomic E-state index is 13.0. The van der Waals surface area contributed by atoms with Crippen LogP contribution in [-0.4, -0.2) is 63.3 Å². The Morgan fingerprint density at radius 3 is 2.20 bits per heavy atom. The van der Waals surface area contributed by atoms with Gasteiger partial charge in [0.05, 0.1) is 14.2 Å². The van der Waals surface area contributed by atoms with Gasteiger partial charge in [-0.05, 0) is 12.1 Å². The molecule has 0 saturated heterocycles. The fourth-order valence-electron chi connectivity index (χ4n) is 2.39. The van der Waals surface area contributed by atoms with Gasteiger partial charge in [0.15, 0.2) is 5.69 Å². The molecule has 0 aliphatic heterocycles. The molecule has 2 rings (SSSR count). The Bertz CT molecular complexity index is 1340. The predicted octanol–water partition coefficient (Wildman–Crippen LogP) is 1.33. The summed E-state index contributed by atoms with van der Waals surface area (Å²) in [5.74, 6) is -3.64. The van der Waals surface area contributed by atoms with Gasteiger partial charge < -0.3 is 4.74 Å². The number of aromatic nitrogens is 2. The molecule has 0 radical (unpaired) electrons. The first kappa shape index (κ1) is 28.0. The molecule has 1 heterocycles. The van der Waals surface area contributed by atoms with Crippen LogP contribution in [0.25, 0.3) is 0 Å². The maximum Gasteiger partial charge on any atom is 0.433 e. The molecule has 0 bridgehead atoms. The third kappa shape index (κ3) is 6.47. The number of ether oxygens (including phenoxy) is 1. The van der Waals surface area contributed by atoms with Crippen molar-refractivity contribution in [2.24, 2.45) is 0 Å². The normalized spacial score (nSPS) is 12.1. The van der Waals surface area contributed by atoms with Gasteiger partial charge in [0.1, 0.15) is 15.7 Å². The first-order chi connectivity index (χ1) is 16.2. The van der Waals surface area contributed by atoms with E-state index in [1.807, 2.05) is 0 Å². The summed E-state index contributed by atoms with van der Waals surface area (Å²) in [6.45, 7) is 0. The molecule has 0 saturated carbocycles. The third-order valence-electron chi connectivity index (χ3n) is 3.77. The number of nitrogens with zero attached hydrogens (tertiary/aromatic N) is 3.